The van der Waals surface area contributed by atoms with Gasteiger partial charge >= 0.3 is 0 Å². The first-order chi connectivity index (χ1) is 13.0. The molecule has 1 saturated heterocycles. The normalized spacial score (nSPS) is 15.5. The van der Waals surface area contributed by atoms with Crippen molar-refractivity contribution in [2.45, 2.75) is 13.8 Å². The number of carbonyl (C=O) groups is 2. The van der Waals surface area contributed by atoms with Gasteiger partial charge in [-0.3, -0.25) is 9.59 Å². The van der Waals surface area contributed by atoms with Crippen molar-refractivity contribution in [3.05, 3.63) is 58.0 Å². The molecule has 2 amide bonds. The van der Waals surface area contributed by atoms with Crippen molar-refractivity contribution in [3.8, 4) is 11.5 Å². The second-order valence-electron chi connectivity index (χ2n) is 5.54. The highest BCUT2D eigenvalue weighted by atomic mass is 35.5. The minimum Gasteiger partial charge on any atom is -0.490 e. The van der Waals surface area contributed by atoms with E-state index in [1.165, 1.54) is 0 Å². The number of nitrogens with zero attached hydrogens (tertiary/aromatic N) is 1. The molecule has 0 unspecified atom stereocenters. The number of rotatable bonds is 6. The molecular formula is C20H18ClNO4S. The third-order valence-electron chi connectivity index (χ3n) is 3.76. The van der Waals surface area contributed by atoms with E-state index in [2.05, 4.69) is 0 Å². The first-order valence-electron chi connectivity index (χ1n) is 8.47. The van der Waals surface area contributed by atoms with Crippen LogP contribution in [0.2, 0.25) is 5.02 Å². The summed E-state index contributed by atoms with van der Waals surface area (Å²) in [6, 6.07) is 12.2. The van der Waals surface area contributed by atoms with Crippen molar-refractivity contribution >= 4 is 46.3 Å². The van der Waals surface area contributed by atoms with Crippen molar-refractivity contribution in [3.63, 3.8) is 0 Å². The summed E-state index contributed by atoms with van der Waals surface area (Å²) in [7, 11) is 0. The van der Waals surface area contributed by atoms with Crippen LogP contribution in [-0.2, 0) is 4.79 Å². The zero-order valence-electron chi connectivity index (χ0n) is 14.9. The molecule has 0 aromatic heterocycles. The Balaban J connectivity index is 1.96. The van der Waals surface area contributed by atoms with Gasteiger partial charge in [-0.25, -0.2) is 4.90 Å². The molecule has 7 heteroatoms. The van der Waals surface area contributed by atoms with Gasteiger partial charge < -0.3 is 9.47 Å². The number of hydrogen-bond donors (Lipinski definition) is 0. The van der Waals surface area contributed by atoms with Crippen LogP contribution in [-0.4, -0.2) is 24.4 Å². The number of hydrogen-bond acceptors (Lipinski definition) is 5. The number of carbonyl (C=O) groups excluding carboxylic acids is 2. The van der Waals surface area contributed by atoms with Crippen LogP contribution in [0.3, 0.4) is 0 Å². The van der Waals surface area contributed by atoms with Gasteiger partial charge in [0, 0.05) is 6.07 Å². The average Bonchev–Trinajstić information content (AvgIpc) is 2.93. The number of ether oxygens (including phenoxy) is 2. The Bertz CT molecular complexity index is 898. The quantitative estimate of drug-likeness (QED) is 0.606. The molecule has 0 saturated carbocycles. The minimum absolute atomic E-state index is 0.303. The maximum Gasteiger partial charge on any atom is 0.298 e. The summed E-state index contributed by atoms with van der Waals surface area (Å²) in [6.07, 6.45) is 1.61. The van der Waals surface area contributed by atoms with E-state index in [-0.39, 0.29) is 11.1 Å². The molecule has 0 radical (unpaired) electrons. The van der Waals surface area contributed by atoms with Gasteiger partial charge in [0.1, 0.15) is 0 Å². The second-order valence-corrected chi connectivity index (χ2v) is 6.94. The van der Waals surface area contributed by atoms with E-state index in [4.69, 9.17) is 21.1 Å². The summed E-state index contributed by atoms with van der Waals surface area (Å²) < 4.78 is 11.1. The van der Waals surface area contributed by atoms with Gasteiger partial charge in [0.05, 0.1) is 28.8 Å². The predicted octanol–water partition coefficient (Wildman–Crippen LogP) is 5.38. The first kappa shape index (κ1) is 19.3. The lowest BCUT2D eigenvalue weighted by molar-refractivity contribution is -0.113. The lowest BCUT2D eigenvalue weighted by Crippen LogP contribution is -2.27. The van der Waals surface area contributed by atoms with E-state index in [1.807, 2.05) is 19.9 Å². The number of imide groups is 1. The highest BCUT2D eigenvalue weighted by Gasteiger charge is 2.36. The van der Waals surface area contributed by atoms with Gasteiger partial charge in [0.25, 0.3) is 11.1 Å². The number of benzene rings is 2. The molecule has 27 heavy (non-hydrogen) atoms. The molecule has 2 aromatic rings. The van der Waals surface area contributed by atoms with Gasteiger partial charge in [0.2, 0.25) is 0 Å². The monoisotopic (exact) mass is 403 g/mol. The maximum atomic E-state index is 12.7. The second kappa shape index (κ2) is 8.50. The van der Waals surface area contributed by atoms with Crippen LogP contribution in [0.4, 0.5) is 10.5 Å². The molecule has 3 rings (SSSR count). The first-order valence-corrected chi connectivity index (χ1v) is 9.66. The molecular weight excluding hydrogens is 386 g/mol. The molecule has 1 fully saturated rings. The Kier molecular flexibility index (Phi) is 6.08. The Labute approximate surface area is 166 Å². The third-order valence-corrected chi connectivity index (χ3v) is 4.95. The van der Waals surface area contributed by atoms with Gasteiger partial charge in [-0.15, -0.1) is 0 Å². The van der Waals surface area contributed by atoms with E-state index in [0.29, 0.717) is 45.9 Å². The van der Waals surface area contributed by atoms with E-state index in [9.17, 15) is 9.59 Å². The highest BCUT2D eigenvalue weighted by Crippen LogP contribution is 2.39. The summed E-state index contributed by atoms with van der Waals surface area (Å²) in [5.74, 6) is 0.704. The molecule has 1 heterocycles. The number of halogens is 1. The summed E-state index contributed by atoms with van der Waals surface area (Å²) in [4.78, 5) is 26.5. The van der Waals surface area contributed by atoms with Crippen LogP contribution in [0.1, 0.15) is 19.4 Å². The minimum atomic E-state index is -0.376. The van der Waals surface area contributed by atoms with E-state index in [1.54, 1.807) is 42.5 Å². The Morgan fingerprint density at radius 3 is 2.30 bits per heavy atom. The number of amides is 2. The molecule has 140 valence electrons. The Morgan fingerprint density at radius 1 is 1.04 bits per heavy atom. The van der Waals surface area contributed by atoms with E-state index in [0.717, 1.165) is 16.7 Å². The van der Waals surface area contributed by atoms with Crippen molar-refractivity contribution < 1.29 is 19.1 Å². The van der Waals surface area contributed by atoms with E-state index < -0.39 is 0 Å². The largest absolute Gasteiger partial charge is 0.490 e. The van der Waals surface area contributed by atoms with Crippen LogP contribution in [0.5, 0.6) is 11.5 Å². The molecule has 0 aliphatic carbocycles. The molecule has 0 bridgehead atoms. The fraction of sp³-hybridized carbons (Fsp3) is 0.200. The highest BCUT2D eigenvalue weighted by molar-refractivity contribution is 8.19. The zero-order valence-corrected chi connectivity index (χ0v) is 16.5. The number of anilines is 1. The fourth-order valence-corrected chi connectivity index (χ4v) is 3.65. The van der Waals surface area contributed by atoms with Crippen LogP contribution >= 0.6 is 23.4 Å². The van der Waals surface area contributed by atoms with Gasteiger partial charge in [0.15, 0.2) is 11.5 Å². The molecule has 5 nitrogen and oxygen atoms in total. The average molecular weight is 404 g/mol. The topological polar surface area (TPSA) is 55.8 Å². The SMILES string of the molecule is CCOc1cc(Cl)c(/C=C2/SC(=O)N(c3ccccc3)C2=O)cc1OCC. The van der Waals surface area contributed by atoms with Crippen molar-refractivity contribution in [2.24, 2.45) is 0 Å². The Morgan fingerprint density at radius 2 is 1.67 bits per heavy atom. The molecule has 1 aliphatic heterocycles. The smallest absolute Gasteiger partial charge is 0.298 e. The number of para-hydroxylation sites is 1. The molecule has 0 N–H and O–H groups in total. The molecule has 0 atom stereocenters. The zero-order chi connectivity index (χ0) is 19.4. The van der Waals surface area contributed by atoms with Crippen LogP contribution in [0, 0.1) is 0 Å². The summed E-state index contributed by atoms with van der Waals surface area (Å²) in [5.41, 5.74) is 1.12. The fourth-order valence-electron chi connectivity index (χ4n) is 2.61. The standard InChI is InChI=1S/C20H18ClNO4S/c1-3-25-16-10-13(15(21)12-17(16)26-4-2)11-18-19(23)22(20(24)27-18)14-8-6-5-7-9-14/h5-12H,3-4H2,1-2H3/b18-11+. The number of thioether (sulfide) groups is 1. The maximum absolute atomic E-state index is 12.7. The van der Waals surface area contributed by atoms with E-state index >= 15 is 0 Å². The van der Waals surface area contributed by atoms with Crippen molar-refractivity contribution in [1.82, 2.24) is 0 Å². The van der Waals surface area contributed by atoms with Gasteiger partial charge in [-0.1, -0.05) is 29.8 Å². The van der Waals surface area contributed by atoms with Crippen LogP contribution in [0.25, 0.3) is 6.08 Å². The molecule has 2 aromatic carbocycles. The summed E-state index contributed by atoms with van der Waals surface area (Å²) in [6.45, 7) is 4.68. The van der Waals surface area contributed by atoms with Crippen molar-refractivity contribution in [2.75, 3.05) is 18.1 Å². The van der Waals surface area contributed by atoms with Crippen LogP contribution in [0.15, 0.2) is 47.4 Å². The molecule has 1 aliphatic rings. The lowest BCUT2D eigenvalue weighted by Gasteiger charge is -2.13. The summed E-state index contributed by atoms with van der Waals surface area (Å²) >= 11 is 7.24. The predicted molar refractivity (Wildman–Crippen MR) is 109 cm³/mol. The van der Waals surface area contributed by atoms with Gasteiger partial charge in [-0.2, -0.15) is 0 Å². The molecule has 0 spiro atoms. The van der Waals surface area contributed by atoms with Crippen molar-refractivity contribution in [1.29, 1.82) is 0 Å². The lowest BCUT2D eigenvalue weighted by atomic mass is 10.1. The summed E-state index contributed by atoms with van der Waals surface area (Å²) in [5, 5.41) is 0.0675. The van der Waals surface area contributed by atoms with Gasteiger partial charge in [-0.05, 0) is 55.4 Å². The third kappa shape index (κ3) is 4.12. The Hall–Kier alpha value is -2.44. The van der Waals surface area contributed by atoms with Crippen LogP contribution < -0.4 is 14.4 Å².